The average Bonchev–Trinajstić information content (AvgIpc) is 2.48. The number of rotatable bonds is 3. The monoisotopic (exact) mass is 268 g/mol. The van der Waals surface area contributed by atoms with Gasteiger partial charge in [0.1, 0.15) is 0 Å². The molecule has 0 heterocycles. The molecule has 0 aliphatic heterocycles. The first-order valence-electron chi connectivity index (χ1n) is 6.03. The first-order chi connectivity index (χ1) is 9.60. The van der Waals surface area contributed by atoms with Crippen molar-refractivity contribution in [2.24, 2.45) is 5.92 Å². The molecular formula is C15H12N2O3. The van der Waals surface area contributed by atoms with Gasteiger partial charge in [-0.2, -0.15) is 5.26 Å². The van der Waals surface area contributed by atoms with Crippen molar-refractivity contribution in [3.63, 3.8) is 0 Å². The van der Waals surface area contributed by atoms with Crippen molar-refractivity contribution in [1.29, 1.82) is 5.26 Å². The smallest absolute Gasteiger partial charge is 0.310 e. The average molecular weight is 268 g/mol. The van der Waals surface area contributed by atoms with Crippen LogP contribution in [-0.2, 0) is 4.79 Å². The first kappa shape index (κ1) is 13.6. The maximum atomic E-state index is 11.9. The largest absolute Gasteiger partial charge is 0.481 e. The second-order valence-corrected chi connectivity index (χ2v) is 4.34. The van der Waals surface area contributed by atoms with Gasteiger partial charge in [-0.1, -0.05) is 12.2 Å². The fraction of sp³-hybridized carbons (Fsp3) is 0.133. The first-order valence-corrected chi connectivity index (χ1v) is 6.03. The Bertz CT molecular complexity index is 636. The fourth-order valence-electron chi connectivity index (χ4n) is 1.80. The van der Waals surface area contributed by atoms with E-state index in [1.54, 1.807) is 42.5 Å². The van der Waals surface area contributed by atoms with Gasteiger partial charge >= 0.3 is 5.97 Å². The summed E-state index contributed by atoms with van der Waals surface area (Å²) in [6.45, 7) is 0. The second-order valence-electron chi connectivity index (χ2n) is 4.34. The molecule has 2 rings (SSSR count). The lowest BCUT2D eigenvalue weighted by Crippen LogP contribution is -2.24. The zero-order valence-corrected chi connectivity index (χ0v) is 10.5. The highest BCUT2D eigenvalue weighted by molar-refractivity contribution is 5.95. The molecule has 1 unspecified atom stereocenters. The quantitative estimate of drug-likeness (QED) is 0.875. The lowest BCUT2D eigenvalue weighted by Gasteiger charge is -2.13. The molecule has 0 radical (unpaired) electrons. The van der Waals surface area contributed by atoms with E-state index in [2.05, 4.69) is 5.32 Å². The summed E-state index contributed by atoms with van der Waals surface area (Å²) in [7, 11) is 0. The van der Waals surface area contributed by atoms with Gasteiger partial charge in [-0.25, -0.2) is 0 Å². The van der Waals surface area contributed by atoms with Gasteiger partial charge in [0, 0.05) is 11.3 Å². The Kier molecular flexibility index (Phi) is 3.96. The van der Waals surface area contributed by atoms with Crippen LogP contribution in [0.4, 0.5) is 0 Å². The molecule has 0 aromatic heterocycles. The van der Waals surface area contributed by atoms with E-state index < -0.39 is 11.9 Å². The molecule has 100 valence electrons. The number of nitriles is 1. The van der Waals surface area contributed by atoms with Gasteiger partial charge in [0.2, 0.25) is 0 Å². The van der Waals surface area contributed by atoms with Gasteiger partial charge in [0.25, 0.3) is 5.91 Å². The SMILES string of the molecule is N#Cc1ccc(C(=O)NC2=CCC(C(=O)O)C=C2)cc1. The molecule has 5 heteroatoms. The Morgan fingerprint density at radius 2 is 2.00 bits per heavy atom. The third-order valence-corrected chi connectivity index (χ3v) is 2.95. The Labute approximate surface area is 115 Å². The van der Waals surface area contributed by atoms with E-state index in [-0.39, 0.29) is 5.91 Å². The van der Waals surface area contributed by atoms with Crippen LogP contribution in [0.3, 0.4) is 0 Å². The lowest BCUT2D eigenvalue weighted by molar-refractivity contribution is -0.139. The number of carbonyl (C=O) groups is 2. The number of carbonyl (C=O) groups excluding carboxylic acids is 1. The molecule has 0 fully saturated rings. The molecule has 0 spiro atoms. The number of allylic oxidation sites excluding steroid dienone is 2. The van der Waals surface area contributed by atoms with Crippen molar-refractivity contribution >= 4 is 11.9 Å². The van der Waals surface area contributed by atoms with Crippen molar-refractivity contribution in [1.82, 2.24) is 5.32 Å². The van der Waals surface area contributed by atoms with Gasteiger partial charge in [-0.3, -0.25) is 9.59 Å². The third-order valence-electron chi connectivity index (χ3n) is 2.95. The van der Waals surface area contributed by atoms with E-state index in [1.165, 1.54) is 0 Å². The highest BCUT2D eigenvalue weighted by Gasteiger charge is 2.16. The summed E-state index contributed by atoms with van der Waals surface area (Å²) in [4.78, 5) is 22.7. The van der Waals surface area contributed by atoms with Crippen molar-refractivity contribution in [3.05, 3.63) is 59.3 Å². The highest BCUT2D eigenvalue weighted by Crippen LogP contribution is 2.15. The van der Waals surface area contributed by atoms with Crippen LogP contribution in [-0.4, -0.2) is 17.0 Å². The molecular weight excluding hydrogens is 256 g/mol. The molecule has 20 heavy (non-hydrogen) atoms. The van der Waals surface area contributed by atoms with Crippen LogP contribution in [0.15, 0.2) is 48.2 Å². The molecule has 5 nitrogen and oxygen atoms in total. The number of amides is 1. The summed E-state index contributed by atoms with van der Waals surface area (Å²) in [5.74, 6) is -1.71. The van der Waals surface area contributed by atoms with Gasteiger partial charge in [0.15, 0.2) is 0 Å². The molecule has 1 aromatic rings. The Morgan fingerprint density at radius 1 is 1.30 bits per heavy atom. The normalized spacial score (nSPS) is 16.9. The molecule has 0 saturated carbocycles. The van der Waals surface area contributed by atoms with E-state index in [0.717, 1.165) is 0 Å². The molecule has 1 amide bonds. The molecule has 0 bridgehead atoms. The minimum absolute atomic E-state index is 0.292. The summed E-state index contributed by atoms with van der Waals surface area (Å²) >= 11 is 0. The van der Waals surface area contributed by atoms with E-state index >= 15 is 0 Å². The van der Waals surface area contributed by atoms with Crippen molar-refractivity contribution in [2.45, 2.75) is 6.42 Å². The summed E-state index contributed by atoms with van der Waals surface area (Å²) in [5, 5.41) is 20.2. The van der Waals surface area contributed by atoms with Gasteiger partial charge in [0.05, 0.1) is 17.6 Å². The molecule has 1 aliphatic rings. The summed E-state index contributed by atoms with van der Waals surface area (Å²) in [6, 6.07) is 8.26. The number of benzene rings is 1. The number of nitrogens with one attached hydrogen (secondary N) is 1. The van der Waals surface area contributed by atoms with Crippen LogP contribution >= 0.6 is 0 Å². The number of hydrogen-bond donors (Lipinski definition) is 2. The second kappa shape index (κ2) is 5.85. The lowest BCUT2D eigenvalue weighted by atomic mass is 9.99. The van der Waals surface area contributed by atoms with E-state index in [1.807, 2.05) is 6.07 Å². The molecule has 1 atom stereocenters. The van der Waals surface area contributed by atoms with Crippen molar-refractivity contribution in [2.75, 3.05) is 0 Å². The van der Waals surface area contributed by atoms with Crippen molar-refractivity contribution < 1.29 is 14.7 Å². The zero-order chi connectivity index (χ0) is 14.5. The number of aliphatic carboxylic acids is 1. The predicted octanol–water partition coefficient (Wildman–Crippen LogP) is 1.83. The number of hydrogen-bond acceptors (Lipinski definition) is 3. The highest BCUT2D eigenvalue weighted by atomic mass is 16.4. The van der Waals surface area contributed by atoms with Gasteiger partial charge in [-0.05, 0) is 36.8 Å². The molecule has 2 N–H and O–H groups in total. The van der Waals surface area contributed by atoms with Crippen molar-refractivity contribution in [3.8, 4) is 6.07 Å². The predicted molar refractivity (Wildman–Crippen MR) is 71.6 cm³/mol. The van der Waals surface area contributed by atoms with Gasteiger partial charge < -0.3 is 10.4 Å². The Balaban J connectivity index is 2.00. The van der Waals surface area contributed by atoms with Crippen LogP contribution < -0.4 is 5.32 Å². The topological polar surface area (TPSA) is 90.2 Å². The minimum atomic E-state index is -0.880. The van der Waals surface area contributed by atoms with E-state index in [9.17, 15) is 9.59 Å². The summed E-state index contributed by atoms with van der Waals surface area (Å²) < 4.78 is 0. The van der Waals surface area contributed by atoms with Crippen LogP contribution in [0.1, 0.15) is 22.3 Å². The van der Waals surface area contributed by atoms with Crippen LogP contribution in [0.25, 0.3) is 0 Å². The molecule has 0 saturated heterocycles. The Morgan fingerprint density at radius 3 is 2.50 bits per heavy atom. The standard InChI is InChI=1S/C15H12N2O3/c16-9-10-1-3-11(4-2-10)14(18)17-13-7-5-12(6-8-13)15(19)20/h1-5,7-8,12H,6H2,(H,17,18)(H,19,20). The third kappa shape index (κ3) is 3.12. The maximum Gasteiger partial charge on any atom is 0.310 e. The summed E-state index contributed by atoms with van der Waals surface area (Å²) in [6.07, 6.45) is 5.18. The fourth-order valence-corrected chi connectivity index (χ4v) is 1.80. The molecule has 1 aromatic carbocycles. The van der Waals surface area contributed by atoms with E-state index in [4.69, 9.17) is 10.4 Å². The minimum Gasteiger partial charge on any atom is -0.481 e. The number of carboxylic acids is 1. The Hall–Kier alpha value is -2.87. The zero-order valence-electron chi connectivity index (χ0n) is 10.5. The molecule has 1 aliphatic carbocycles. The van der Waals surface area contributed by atoms with Crippen LogP contribution in [0.5, 0.6) is 0 Å². The van der Waals surface area contributed by atoms with Gasteiger partial charge in [-0.15, -0.1) is 0 Å². The summed E-state index contributed by atoms with van der Waals surface area (Å²) in [5.41, 5.74) is 1.51. The maximum absolute atomic E-state index is 11.9. The number of carboxylic acid groups (broad SMARTS) is 1. The van der Waals surface area contributed by atoms with E-state index in [0.29, 0.717) is 23.2 Å². The van der Waals surface area contributed by atoms with Crippen LogP contribution in [0, 0.1) is 17.2 Å². The van der Waals surface area contributed by atoms with Crippen LogP contribution in [0.2, 0.25) is 0 Å². The number of nitrogens with zero attached hydrogens (tertiary/aromatic N) is 1.